The lowest BCUT2D eigenvalue weighted by Gasteiger charge is -2.11. The predicted molar refractivity (Wildman–Crippen MR) is 114 cm³/mol. The minimum atomic E-state index is -0.737. The second-order valence-corrected chi connectivity index (χ2v) is 6.72. The molecular weight excluding hydrogens is 418 g/mol. The molecule has 2 heterocycles. The van der Waals surface area contributed by atoms with E-state index in [1.165, 1.54) is 72.9 Å². The van der Waals surface area contributed by atoms with E-state index in [0.717, 1.165) is 6.07 Å². The molecule has 9 heteroatoms. The van der Waals surface area contributed by atoms with Gasteiger partial charge in [0.15, 0.2) is 11.6 Å². The highest BCUT2D eigenvalue weighted by Gasteiger charge is 2.20. The van der Waals surface area contributed by atoms with Gasteiger partial charge < -0.3 is 21.0 Å². The van der Waals surface area contributed by atoms with E-state index in [-0.39, 0.29) is 28.6 Å². The molecule has 160 valence electrons. The van der Waals surface area contributed by atoms with Gasteiger partial charge in [0, 0.05) is 41.7 Å². The van der Waals surface area contributed by atoms with Crippen LogP contribution in [0, 0.1) is 16.8 Å². The number of hydrogen-bond acceptors (Lipinski definition) is 5. The van der Waals surface area contributed by atoms with Crippen LogP contribution in [-0.2, 0) is 0 Å². The Labute approximate surface area is 181 Å². The largest absolute Gasteiger partial charge is 0.618 e. The minimum Gasteiger partial charge on any atom is -0.618 e. The van der Waals surface area contributed by atoms with Gasteiger partial charge in [-0.3, -0.25) is 4.79 Å². The van der Waals surface area contributed by atoms with Crippen molar-refractivity contribution in [1.29, 1.82) is 0 Å². The first kappa shape index (κ1) is 20.7. The second-order valence-electron chi connectivity index (χ2n) is 6.72. The number of benzene rings is 2. The third-order valence-electron chi connectivity index (χ3n) is 4.49. The van der Waals surface area contributed by atoms with Crippen molar-refractivity contribution >= 4 is 17.4 Å². The first-order valence-electron chi connectivity index (χ1n) is 9.39. The van der Waals surface area contributed by atoms with Crippen LogP contribution in [0.15, 0.2) is 79.0 Å². The number of halogens is 2. The summed E-state index contributed by atoms with van der Waals surface area (Å²) in [5.74, 6) is -1.46. The Morgan fingerprint density at radius 2 is 1.81 bits per heavy atom. The number of ether oxygens (including phenoxy) is 1. The van der Waals surface area contributed by atoms with Crippen molar-refractivity contribution in [3.8, 4) is 22.8 Å². The molecule has 0 atom stereocenters. The lowest BCUT2D eigenvalue weighted by Crippen LogP contribution is -2.38. The topological polar surface area (TPSA) is 104 Å². The second kappa shape index (κ2) is 8.68. The van der Waals surface area contributed by atoms with Crippen molar-refractivity contribution in [2.45, 2.75) is 0 Å². The number of nitrogen functional groups attached to an aromatic ring is 1. The van der Waals surface area contributed by atoms with Gasteiger partial charge in [-0.15, -0.1) is 0 Å². The van der Waals surface area contributed by atoms with Gasteiger partial charge in [-0.2, -0.15) is 4.73 Å². The third kappa shape index (κ3) is 4.46. The molecule has 0 aliphatic rings. The molecule has 0 spiro atoms. The van der Waals surface area contributed by atoms with Gasteiger partial charge in [-0.1, -0.05) is 0 Å². The number of pyridine rings is 2. The molecule has 2 aromatic heterocycles. The van der Waals surface area contributed by atoms with Gasteiger partial charge in [0.25, 0.3) is 5.69 Å². The molecule has 3 N–H and O–H groups in total. The monoisotopic (exact) mass is 434 g/mol. The Kier molecular flexibility index (Phi) is 5.63. The molecule has 0 bridgehead atoms. The predicted octanol–water partition coefficient (Wildman–Crippen LogP) is 4.29. The third-order valence-corrected chi connectivity index (χ3v) is 4.49. The fraction of sp³-hybridized carbons (Fsp3) is 0. The van der Waals surface area contributed by atoms with Crippen molar-refractivity contribution in [1.82, 2.24) is 4.98 Å². The fourth-order valence-corrected chi connectivity index (χ4v) is 2.97. The number of nitrogens with one attached hydrogen (secondary N) is 1. The average Bonchev–Trinajstić information content (AvgIpc) is 2.76. The number of carbonyl (C=O) groups is 1. The quantitative estimate of drug-likeness (QED) is 0.360. The molecule has 0 unspecified atom stereocenters. The number of carbonyl (C=O) groups excluding carboxylic acids is 1. The molecule has 32 heavy (non-hydrogen) atoms. The van der Waals surface area contributed by atoms with Crippen LogP contribution < -0.4 is 20.5 Å². The van der Waals surface area contributed by atoms with Crippen molar-refractivity contribution in [2.75, 3.05) is 11.1 Å². The molecule has 0 saturated heterocycles. The molecule has 1 amide bonds. The summed E-state index contributed by atoms with van der Waals surface area (Å²) in [6, 6.07) is 16.5. The van der Waals surface area contributed by atoms with E-state index >= 15 is 0 Å². The number of nitrogens with zero attached hydrogens (tertiary/aromatic N) is 2. The molecule has 0 fully saturated rings. The maximum Gasteiger partial charge on any atom is 0.321 e. The molecule has 0 aliphatic heterocycles. The van der Waals surface area contributed by atoms with Crippen LogP contribution in [0.2, 0.25) is 0 Å². The summed E-state index contributed by atoms with van der Waals surface area (Å²) in [4.78, 5) is 16.5. The Hall–Kier alpha value is -4.53. The van der Waals surface area contributed by atoms with Crippen LogP contribution in [0.3, 0.4) is 0 Å². The van der Waals surface area contributed by atoms with E-state index in [1.807, 2.05) is 0 Å². The molecule has 0 aliphatic carbocycles. The number of anilines is 2. The van der Waals surface area contributed by atoms with Crippen LogP contribution in [0.1, 0.15) is 10.5 Å². The van der Waals surface area contributed by atoms with Gasteiger partial charge >= 0.3 is 5.91 Å². The van der Waals surface area contributed by atoms with Crippen LogP contribution in [0.4, 0.5) is 20.3 Å². The summed E-state index contributed by atoms with van der Waals surface area (Å²) in [5, 5.41) is 15.2. The lowest BCUT2D eigenvalue weighted by molar-refractivity contribution is -0.595. The van der Waals surface area contributed by atoms with Crippen molar-refractivity contribution in [3.05, 3.63) is 102 Å². The number of amides is 1. The lowest BCUT2D eigenvalue weighted by atomic mass is 10.1. The zero-order valence-electron chi connectivity index (χ0n) is 16.5. The minimum absolute atomic E-state index is 0.0780. The number of aromatic nitrogens is 2. The highest BCUT2D eigenvalue weighted by Crippen LogP contribution is 2.27. The van der Waals surface area contributed by atoms with Crippen LogP contribution >= 0.6 is 0 Å². The molecule has 7 nitrogen and oxygen atoms in total. The Morgan fingerprint density at radius 3 is 2.53 bits per heavy atom. The normalized spacial score (nSPS) is 10.6. The maximum absolute atomic E-state index is 14.5. The number of hydrogen-bond donors (Lipinski definition) is 2. The van der Waals surface area contributed by atoms with Crippen LogP contribution in [0.5, 0.6) is 11.5 Å². The van der Waals surface area contributed by atoms with Gasteiger partial charge in [-0.25, -0.2) is 13.8 Å². The van der Waals surface area contributed by atoms with E-state index in [2.05, 4.69) is 10.3 Å². The van der Waals surface area contributed by atoms with E-state index in [0.29, 0.717) is 16.0 Å². The van der Waals surface area contributed by atoms with Gasteiger partial charge in [-0.05, 0) is 48.5 Å². The van der Waals surface area contributed by atoms with Gasteiger partial charge in [0.05, 0.1) is 0 Å². The zero-order valence-corrected chi connectivity index (χ0v) is 16.5. The summed E-state index contributed by atoms with van der Waals surface area (Å²) in [6.45, 7) is 0. The van der Waals surface area contributed by atoms with Crippen LogP contribution in [-0.4, -0.2) is 10.9 Å². The summed E-state index contributed by atoms with van der Waals surface area (Å²) in [7, 11) is 0. The van der Waals surface area contributed by atoms with Crippen molar-refractivity contribution in [2.24, 2.45) is 0 Å². The first-order valence-corrected chi connectivity index (χ1v) is 9.39. The van der Waals surface area contributed by atoms with E-state index < -0.39 is 17.5 Å². The smallest absolute Gasteiger partial charge is 0.321 e. The summed E-state index contributed by atoms with van der Waals surface area (Å²) >= 11 is 0. The van der Waals surface area contributed by atoms with E-state index in [1.54, 1.807) is 0 Å². The Bertz CT molecular complexity index is 1300. The summed E-state index contributed by atoms with van der Waals surface area (Å²) < 4.78 is 33.5. The number of rotatable bonds is 5. The SMILES string of the molecule is Nc1cc(Oc2ccc(NC(=O)c3cccc(-c4ccc(F)cc4)[n+]3[O-])cc2F)ccn1. The van der Waals surface area contributed by atoms with Gasteiger partial charge in [0.2, 0.25) is 5.69 Å². The van der Waals surface area contributed by atoms with Crippen molar-refractivity contribution < 1.29 is 23.0 Å². The highest BCUT2D eigenvalue weighted by molar-refractivity contribution is 6.02. The van der Waals surface area contributed by atoms with Gasteiger partial charge in [0.1, 0.15) is 17.4 Å². The van der Waals surface area contributed by atoms with E-state index in [9.17, 15) is 18.8 Å². The zero-order chi connectivity index (χ0) is 22.7. The Balaban J connectivity index is 1.53. The van der Waals surface area contributed by atoms with Crippen molar-refractivity contribution in [3.63, 3.8) is 0 Å². The van der Waals surface area contributed by atoms with E-state index in [4.69, 9.17) is 10.5 Å². The fourth-order valence-electron chi connectivity index (χ4n) is 2.97. The summed E-state index contributed by atoms with van der Waals surface area (Å²) in [6.07, 6.45) is 1.43. The molecule has 0 saturated carbocycles. The molecule has 2 aromatic carbocycles. The molecule has 4 aromatic rings. The first-order chi connectivity index (χ1) is 15.4. The molecule has 4 rings (SSSR count). The highest BCUT2D eigenvalue weighted by atomic mass is 19.1. The standard InChI is InChI=1S/C23H16F2N4O3/c24-15-6-4-14(5-7-15)19-2-1-3-20(29(19)31)23(30)28-16-8-9-21(18(25)12-16)32-17-10-11-27-22(26)13-17/h1-13H,(H2,26,27)(H,28,30). The Morgan fingerprint density at radius 1 is 1.03 bits per heavy atom. The van der Waals surface area contributed by atoms with Crippen LogP contribution in [0.25, 0.3) is 11.3 Å². The molecule has 0 radical (unpaired) electrons. The summed E-state index contributed by atoms with van der Waals surface area (Å²) in [5.41, 5.74) is 6.11. The molecular formula is C23H16F2N4O3. The number of nitrogens with two attached hydrogens (primary N) is 1. The maximum atomic E-state index is 14.5. The average molecular weight is 434 g/mol.